The maximum Gasteiger partial charge on any atom is 0.407 e. The largest absolute Gasteiger partial charge is 0.459 e. The van der Waals surface area contributed by atoms with Gasteiger partial charge in [0.25, 0.3) is 0 Å². The number of alkyl carbamates (subject to hydrolysis) is 1. The lowest BCUT2D eigenvalue weighted by Crippen LogP contribution is -2.46. The molecule has 2 aliphatic heterocycles. The summed E-state index contributed by atoms with van der Waals surface area (Å²) in [5, 5.41) is 15.1. The van der Waals surface area contributed by atoms with Gasteiger partial charge in [-0.1, -0.05) is 78.9 Å². The molecule has 2 heterocycles. The molecule has 1 unspecified atom stereocenters. The number of carbonyl (C=O) groups is 3. The van der Waals surface area contributed by atoms with Gasteiger partial charge in [0.2, 0.25) is 5.91 Å². The second-order valence-electron chi connectivity index (χ2n) is 12.1. The third-order valence-corrected chi connectivity index (χ3v) is 8.44. The highest BCUT2D eigenvalue weighted by Crippen LogP contribution is 2.44. The number of esters is 1. The van der Waals surface area contributed by atoms with Gasteiger partial charge in [-0.3, -0.25) is 4.79 Å². The molecule has 0 spiro atoms. The van der Waals surface area contributed by atoms with Gasteiger partial charge >= 0.3 is 12.1 Å². The van der Waals surface area contributed by atoms with Crippen LogP contribution in [-0.2, 0) is 39.9 Å². The van der Waals surface area contributed by atoms with E-state index >= 15 is 0 Å². The van der Waals surface area contributed by atoms with Crippen LogP contribution in [0.5, 0.6) is 0 Å². The van der Waals surface area contributed by atoms with E-state index in [1.165, 1.54) is 0 Å². The number of aliphatic hydroxyl groups is 1. The van der Waals surface area contributed by atoms with Crippen molar-refractivity contribution in [3.63, 3.8) is 0 Å². The number of carbonyl (C=O) groups excluding carboxylic acids is 3. The predicted octanol–water partition coefficient (Wildman–Crippen LogP) is 3.77. The topological polar surface area (TPSA) is 142 Å². The lowest BCUT2D eigenvalue weighted by atomic mass is 9.98. The first-order valence-electron chi connectivity index (χ1n) is 15.5. The average Bonchev–Trinajstić information content (AvgIpc) is 3.67. The van der Waals surface area contributed by atoms with E-state index < -0.39 is 54.3 Å². The maximum atomic E-state index is 13.2. The number of amides is 2. The fraction of sp³-hybridized carbons (Fsp3) is 0.400. The summed E-state index contributed by atoms with van der Waals surface area (Å²) < 4.78 is 28.7. The molecule has 0 bridgehead atoms. The molecule has 11 heteroatoms. The molecule has 2 saturated heterocycles. The van der Waals surface area contributed by atoms with Crippen molar-refractivity contribution >= 4 is 18.0 Å². The van der Waals surface area contributed by atoms with Crippen LogP contribution in [0, 0.1) is 0 Å². The third kappa shape index (κ3) is 6.92. The van der Waals surface area contributed by atoms with Crippen molar-refractivity contribution in [1.82, 2.24) is 10.6 Å². The van der Waals surface area contributed by atoms with E-state index in [9.17, 15) is 19.5 Å². The monoisotopic (exact) mass is 630 g/mol. The highest BCUT2D eigenvalue weighted by Gasteiger charge is 2.55. The van der Waals surface area contributed by atoms with Crippen molar-refractivity contribution in [1.29, 1.82) is 0 Å². The minimum atomic E-state index is -1.16. The summed E-state index contributed by atoms with van der Waals surface area (Å²) in [5.74, 6) is -2.18. The SMILES string of the molecule is CC1(C)O[C@@H]2[C@@H](CO)OC(NC(=O)CC[C@H](NC(=O)OCC3c4ccccc4-c4ccccc43)C(=O)OCc3ccccc3)[C@@H]2O1. The van der Waals surface area contributed by atoms with Gasteiger partial charge in [-0.25, -0.2) is 9.59 Å². The van der Waals surface area contributed by atoms with Crippen LogP contribution in [0.25, 0.3) is 11.1 Å². The van der Waals surface area contributed by atoms with Crippen LogP contribution in [0.4, 0.5) is 4.79 Å². The zero-order valence-corrected chi connectivity index (χ0v) is 25.7. The van der Waals surface area contributed by atoms with Crippen molar-refractivity contribution in [3.8, 4) is 11.1 Å². The van der Waals surface area contributed by atoms with Gasteiger partial charge in [0, 0.05) is 12.3 Å². The van der Waals surface area contributed by atoms with Gasteiger partial charge in [-0.2, -0.15) is 0 Å². The number of fused-ring (bicyclic) bond motifs is 4. The maximum absolute atomic E-state index is 13.2. The number of rotatable bonds is 11. The summed E-state index contributed by atoms with van der Waals surface area (Å²) in [7, 11) is 0. The Bertz CT molecular complexity index is 1520. The Morgan fingerprint density at radius 2 is 1.50 bits per heavy atom. The van der Waals surface area contributed by atoms with Crippen LogP contribution in [0.15, 0.2) is 78.9 Å². The molecule has 1 aliphatic carbocycles. The molecular formula is C35H38N2O9. The molecule has 0 saturated carbocycles. The van der Waals surface area contributed by atoms with E-state index in [-0.39, 0.29) is 38.6 Å². The molecule has 242 valence electrons. The quantitative estimate of drug-likeness (QED) is 0.270. The van der Waals surface area contributed by atoms with E-state index in [0.717, 1.165) is 27.8 Å². The van der Waals surface area contributed by atoms with E-state index in [1.54, 1.807) is 13.8 Å². The van der Waals surface area contributed by atoms with Crippen molar-refractivity contribution in [2.24, 2.45) is 0 Å². The van der Waals surface area contributed by atoms with Gasteiger partial charge in [-0.15, -0.1) is 0 Å². The smallest absolute Gasteiger partial charge is 0.407 e. The molecule has 0 aromatic heterocycles. The Hall–Kier alpha value is -4.29. The Morgan fingerprint density at radius 1 is 0.870 bits per heavy atom. The highest BCUT2D eigenvalue weighted by atomic mass is 16.8. The van der Waals surface area contributed by atoms with Crippen molar-refractivity contribution in [3.05, 3.63) is 95.6 Å². The second-order valence-corrected chi connectivity index (χ2v) is 12.1. The number of aliphatic hydroxyl groups excluding tert-OH is 1. The fourth-order valence-corrected chi connectivity index (χ4v) is 6.31. The molecule has 46 heavy (non-hydrogen) atoms. The molecular weight excluding hydrogens is 592 g/mol. The Balaban J connectivity index is 1.08. The van der Waals surface area contributed by atoms with Crippen LogP contribution in [0.2, 0.25) is 0 Å². The number of ether oxygens (including phenoxy) is 5. The highest BCUT2D eigenvalue weighted by molar-refractivity contribution is 5.83. The summed E-state index contributed by atoms with van der Waals surface area (Å²) in [6.45, 7) is 3.27. The molecule has 3 aromatic carbocycles. The minimum Gasteiger partial charge on any atom is -0.459 e. The van der Waals surface area contributed by atoms with E-state index in [2.05, 4.69) is 10.6 Å². The fourth-order valence-electron chi connectivity index (χ4n) is 6.31. The number of hydrogen-bond donors (Lipinski definition) is 3. The summed E-state index contributed by atoms with van der Waals surface area (Å²) in [4.78, 5) is 39.3. The summed E-state index contributed by atoms with van der Waals surface area (Å²) in [5.41, 5.74) is 5.10. The van der Waals surface area contributed by atoms with Crippen LogP contribution in [0.3, 0.4) is 0 Å². The molecule has 0 radical (unpaired) electrons. The predicted molar refractivity (Wildman–Crippen MR) is 165 cm³/mol. The van der Waals surface area contributed by atoms with Gasteiger partial charge in [0.1, 0.15) is 37.6 Å². The van der Waals surface area contributed by atoms with E-state index in [0.29, 0.717) is 0 Å². The van der Waals surface area contributed by atoms with Crippen LogP contribution >= 0.6 is 0 Å². The average molecular weight is 631 g/mol. The number of nitrogens with one attached hydrogen (secondary N) is 2. The van der Waals surface area contributed by atoms with Crippen molar-refractivity contribution in [2.45, 2.75) is 75.6 Å². The standard InChI is InChI=1S/C35H38N2O9/c1-35(2)45-30-28(18-38)44-32(31(30)46-35)37-29(39)17-16-27(33(40)42-19-21-10-4-3-5-11-21)36-34(41)43-20-26-24-14-8-6-12-22(24)23-13-7-9-15-25(23)26/h3-15,26-28,30-32,38H,16-20H2,1-2H3,(H,36,41)(H,37,39)/t27-,28+,30+,31+,32?/m0/s1. The van der Waals surface area contributed by atoms with Crippen LogP contribution in [0.1, 0.15) is 49.3 Å². The molecule has 3 aliphatic rings. The number of benzene rings is 3. The minimum absolute atomic E-state index is 0.00337. The first-order chi connectivity index (χ1) is 22.2. The first kappa shape index (κ1) is 31.7. The molecule has 11 nitrogen and oxygen atoms in total. The lowest BCUT2D eigenvalue weighted by molar-refractivity contribution is -0.194. The third-order valence-electron chi connectivity index (χ3n) is 8.44. The van der Waals surface area contributed by atoms with Gasteiger partial charge in [-0.05, 0) is 48.1 Å². The Labute approximate surface area is 267 Å². The number of hydrogen-bond acceptors (Lipinski definition) is 9. The van der Waals surface area contributed by atoms with Gasteiger partial charge < -0.3 is 39.4 Å². The summed E-state index contributed by atoms with van der Waals surface area (Å²) >= 11 is 0. The zero-order valence-electron chi connectivity index (χ0n) is 25.7. The molecule has 3 aromatic rings. The zero-order chi connectivity index (χ0) is 32.3. The second kappa shape index (κ2) is 13.6. The molecule has 6 rings (SSSR count). The summed E-state index contributed by atoms with van der Waals surface area (Å²) in [6, 6.07) is 24.0. The normalized spacial score (nSPS) is 23.1. The van der Waals surface area contributed by atoms with Crippen molar-refractivity contribution in [2.75, 3.05) is 13.2 Å². The Kier molecular flexibility index (Phi) is 9.37. The van der Waals surface area contributed by atoms with Gasteiger partial charge in [0.05, 0.1) is 6.61 Å². The van der Waals surface area contributed by atoms with E-state index in [1.807, 2.05) is 78.9 Å². The molecule has 2 amide bonds. The first-order valence-corrected chi connectivity index (χ1v) is 15.5. The summed E-state index contributed by atoms with van der Waals surface area (Å²) in [6.07, 6.45) is -3.65. The van der Waals surface area contributed by atoms with Crippen LogP contribution in [-0.4, -0.2) is 72.7 Å². The van der Waals surface area contributed by atoms with Gasteiger partial charge in [0.15, 0.2) is 12.0 Å². The van der Waals surface area contributed by atoms with E-state index in [4.69, 9.17) is 23.7 Å². The molecule has 5 atom stereocenters. The van der Waals surface area contributed by atoms with Crippen molar-refractivity contribution < 1.29 is 43.2 Å². The molecule has 3 N–H and O–H groups in total. The Morgan fingerprint density at radius 3 is 2.17 bits per heavy atom. The lowest BCUT2D eigenvalue weighted by Gasteiger charge is -2.24. The van der Waals surface area contributed by atoms with Crippen LogP contribution < -0.4 is 10.6 Å². The molecule has 2 fully saturated rings.